The topological polar surface area (TPSA) is 83.1 Å². The molecule has 2 aliphatic carbocycles. The van der Waals surface area contributed by atoms with Crippen molar-refractivity contribution in [1.82, 2.24) is 30.8 Å². The number of hydrogen-bond donors (Lipinski definition) is 2. The Hall–Kier alpha value is -2.50. The van der Waals surface area contributed by atoms with Crippen molar-refractivity contribution < 1.29 is 0 Å². The molecule has 6 nitrogen and oxygen atoms in total. The minimum Gasteiger partial charge on any atom is -0.281 e. The van der Waals surface area contributed by atoms with Gasteiger partial charge < -0.3 is 0 Å². The zero-order chi connectivity index (χ0) is 13.9. The van der Waals surface area contributed by atoms with Crippen LogP contribution in [0, 0.1) is 5.92 Å². The largest absolute Gasteiger partial charge is 0.281 e. The minimum absolute atomic E-state index is 0.256. The Balaban J connectivity index is 1.54. The number of H-pyrrole nitrogens is 2. The molecule has 21 heavy (non-hydrogen) atoms. The highest BCUT2D eigenvalue weighted by molar-refractivity contribution is 5.61. The molecule has 0 bridgehead atoms. The molecule has 2 unspecified atom stereocenters. The second-order valence-electron chi connectivity index (χ2n) is 6.08. The van der Waals surface area contributed by atoms with E-state index < -0.39 is 0 Å². The molecule has 6 heteroatoms. The summed E-state index contributed by atoms with van der Waals surface area (Å²) in [5.41, 5.74) is 5.08. The molecule has 2 atom stereocenters. The molecule has 0 spiro atoms. The molecular formula is C15H14N6. The van der Waals surface area contributed by atoms with E-state index in [1.54, 1.807) is 0 Å². The molecule has 2 aliphatic rings. The fourth-order valence-corrected chi connectivity index (χ4v) is 3.89. The summed E-state index contributed by atoms with van der Waals surface area (Å²) < 4.78 is 0. The van der Waals surface area contributed by atoms with Crippen molar-refractivity contribution in [3.63, 3.8) is 0 Å². The lowest BCUT2D eigenvalue weighted by Crippen LogP contribution is -2.11. The molecule has 1 saturated carbocycles. The Morgan fingerprint density at radius 3 is 2.90 bits per heavy atom. The number of aromatic nitrogens is 6. The molecule has 0 radical (unpaired) electrons. The SMILES string of the molecule is c1ccc(CC23CC2Cc2c(-c4nn[nH]n4)n[nH]c23)cc1. The van der Waals surface area contributed by atoms with Crippen molar-refractivity contribution in [3.8, 4) is 11.5 Å². The number of aromatic amines is 2. The maximum atomic E-state index is 4.43. The minimum atomic E-state index is 0.256. The second kappa shape index (κ2) is 3.78. The lowest BCUT2D eigenvalue weighted by Gasteiger charge is -2.12. The van der Waals surface area contributed by atoms with Crippen LogP contribution in [-0.2, 0) is 18.3 Å². The van der Waals surface area contributed by atoms with Gasteiger partial charge in [0.2, 0.25) is 5.82 Å². The van der Waals surface area contributed by atoms with Gasteiger partial charge in [-0.1, -0.05) is 30.3 Å². The predicted octanol–water partition coefficient (Wildman–Crippen LogP) is 1.65. The average molecular weight is 278 g/mol. The lowest BCUT2D eigenvalue weighted by molar-refractivity contribution is 0.620. The monoisotopic (exact) mass is 278 g/mol. The summed E-state index contributed by atoms with van der Waals surface area (Å²) in [6.07, 6.45) is 3.41. The van der Waals surface area contributed by atoms with Crippen LogP contribution in [0.15, 0.2) is 30.3 Å². The first-order valence-electron chi connectivity index (χ1n) is 7.22. The van der Waals surface area contributed by atoms with Gasteiger partial charge in [0.05, 0.1) is 0 Å². The fraction of sp³-hybridized carbons (Fsp3) is 0.333. The van der Waals surface area contributed by atoms with Crippen molar-refractivity contribution in [2.24, 2.45) is 5.92 Å². The molecule has 2 aromatic heterocycles. The van der Waals surface area contributed by atoms with E-state index in [0.717, 1.165) is 24.5 Å². The van der Waals surface area contributed by atoms with Crippen LogP contribution in [-0.4, -0.2) is 30.8 Å². The molecule has 2 N–H and O–H groups in total. The smallest absolute Gasteiger partial charge is 0.225 e. The van der Waals surface area contributed by atoms with Gasteiger partial charge in [-0.2, -0.15) is 10.3 Å². The first-order chi connectivity index (χ1) is 10.4. The summed E-state index contributed by atoms with van der Waals surface area (Å²) in [7, 11) is 0. The van der Waals surface area contributed by atoms with Gasteiger partial charge in [0, 0.05) is 16.7 Å². The van der Waals surface area contributed by atoms with Gasteiger partial charge in [-0.25, -0.2) is 0 Å². The number of tetrazole rings is 1. The zero-order valence-electron chi connectivity index (χ0n) is 11.4. The van der Waals surface area contributed by atoms with E-state index in [2.05, 4.69) is 61.2 Å². The van der Waals surface area contributed by atoms with Crippen LogP contribution in [0.25, 0.3) is 11.5 Å². The van der Waals surface area contributed by atoms with Gasteiger partial charge in [-0.15, -0.1) is 10.2 Å². The summed E-state index contributed by atoms with van der Waals surface area (Å²) in [5, 5.41) is 21.9. The third-order valence-corrected chi connectivity index (χ3v) is 4.97. The number of hydrogen-bond acceptors (Lipinski definition) is 4. The molecule has 104 valence electrons. The lowest BCUT2D eigenvalue weighted by atomic mass is 9.93. The van der Waals surface area contributed by atoms with Gasteiger partial charge in [-0.05, 0) is 36.0 Å². The van der Waals surface area contributed by atoms with Crippen LogP contribution in [0.5, 0.6) is 0 Å². The molecule has 3 aromatic rings. The third-order valence-electron chi connectivity index (χ3n) is 4.97. The summed E-state index contributed by atoms with van der Waals surface area (Å²) in [5.74, 6) is 1.32. The van der Waals surface area contributed by atoms with E-state index in [-0.39, 0.29) is 5.41 Å². The van der Waals surface area contributed by atoms with Crippen LogP contribution in [0.4, 0.5) is 0 Å². The molecule has 2 heterocycles. The van der Waals surface area contributed by atoms with Crippen LogP contribution in [0.3, 0.4) is 0 Å². The molecule has 5 rings (SSSR count). The molecule has 1 fully saturated rings. The number of rotatable bonds is 3. The highest BCUT2D eigenvalue weighted by atomic mass is 15.5. The Morgan fingerprint density at radius 1 is 1.19 bits per heavy atom. The molecule has 0 aliphatic heterocycles. The van der Waals surface area contributed by atoms with E-state index in [1.807, 2.05) is 0 Å². The molecule has 1 aromatic carbocycles. The van der Waals surface area contributed by atoms with Gasteiger partial charge in [0.1, 0.15) is 5.69 Å². The van der Waals surface area contributed by atoms with Crippen molar-refractivity contribution in [2.75, 3.05) is 0 Å². The second-order valence-corrected chi connectivity index (χ2v) is 6.08. The number of fused-ring (bicyclic) bond motifs is 3. The van der Waals surface area contributed by atoms with Gasteiger partial charge >= 0.3 is 0 Å². The standard InChI is InChI=1S/C15H14N6/c1-2-4-9(5-3-1)7-15-8-10(15)6-11-12(16-17-13(11)15)14-18-20-21-19-14/h1-5,10H,6-8H2,(H,16,17)(H,18,19,20,21). The summed E-state index contributed by atoms with van der Waals surface area (Å²) >= 11 is 0. The van der Waals surface area contributed by atoms with E-state index in [1.165, 1.54) is 23.2 Å². The van der Waals surface area contributed by atoms with E-state index in [4.69, 9.17) is 0 Å². The maximum absolute atomic E-state index is 4.43. The van der Waals surface area contributed by atoms with Crippen molar-refractivity contribution in [3.05, 3.63) is 47.2 Å². The van der Waals surface area contributed by atoms with Crippen LogP contribution < -0.4 is 0 Å². The predicted molar refractivity (Wildman–Crippen MR) is 75.4 cm³/mol. The first kappa shape index (κ1) is 11.2. The number of benzene rings is 1. The quantitative estimate of drug-likeness (QED) is 0.763. The van der Waals surface area contributed by atoms with E-state index >= 15 is 0 Å². The van der Waals surface area contributed by atoms with Crippen molar-refractivity contribution in [1.29, 1.82) is 0 Å². The van der Waals surface area contributed by atoms with E-state index in [0.29, 0.717) is 5.82 Å². The average Bonchev–Trinajstić information content (AvgIpc) is 2.95. The third kappa shape index (κ3) is 1.47. The van der Waals surface area contributed by atoms with Gasteiger partial charge in [0.15, 0.2) is 0 Å². The van der Waals surface area contributed by atoms with Crippen molar-refractivity contribution in [2.45, 2.75) is 24.7 Å². The van der Waals surface area contributed by atoms with Crippen LogP contribution >= 0.6 is 0 Å². The van der Waals surface area contributed by atoms with Gasteiger partial charge in [0.25, 0.3) is 0 Å². The summed E-state index contributed by atoms with van der Waals surface area (Å²) in [6.45, 7) is 0. The maximum Gasteiger partial charge on any atom is 0.225 e. The zero-order valence-corrected chi connectivity index (χ0v) is 11.4. The summed E-state index contributed by atoms with van der Waals surface area (Å²) in [6, 6.07) is 10.7. The van der Waals surface area contributed by atoms with Crippen LogP contribution in [0.2, 0.25) is 0 Å². The Bertz CT molecular complexity index is 791. The molecule has 0 amide bonds. The Labute approximate surface area is 121 Å². The van der Waals surface area contributed by atoms with Crippen LogP contribution in [0.1, 0.15) is 23.2 Å². The normalized spacial score (nSPS) is 25.6. The molecular weight excluding hydrogens is 264 g/mol. The van der Waals surface area contributed by atoms with E-state index in [9.17, 15) is 0 Å². The first-order valence-corrected chi connectivity index (χ1v) is 7.22. The van der Waals surface area contributed by atoms with Crippen molar-refractivity contribution >= 4 is 0 Å². The Morgan fingerprint density at radius 2 is 2.10 bits per heavy atom. The highest BCUT2D eigenvalue weighted by Crippen LogP contribution is 2.63. The number of nitrogens with zero attached hydrogens (tertiary/aromatic N) is 4. The van der Waals surface area contributed by atoms with Gasteiger partial charge in [-0.3, -0.25) is 5.10 Å². The fourth-order valence-electron chi connectivity index (χ4n) is 3.89. The molecule has 0 saturated heterocycles. The Kier molecular flexibility index (Phi) is 2.01. The summed E-state index contributed by atoms with van der Waals surface area (Å²) in [4.78, 5) is 0. The highest BCUT2D eigenvalue weighted by Gasteiger charge is 2.61. The number of nitrogens with one attached hydrogen (secondary N) is 2.